The number of benzene rings is 1. The Morgan fingerprint density at radius 1 is 1.31 bits per heavy atom. The number of rotatable bonds is 6. The van der Waals surface area contributed by atoms with Crippen LogP contribution in [0.2, 0.25) is 0 Å². The Kier molecular flexibility index (Phi) is 5.52. The number of hydrogen-bond donors (Lipinski definition) is 2. The van der Waals surface area contributed by atoms with Gasteiger partial charge in [-0.15, -0.1) is 5.10 Å². The van der Waals surface area contributed by atoms with E-state index in [1.54, 1.807) is 37.5 Å². The molecule has 1 unspecified atom stereocenters. The number of ether oxygens (including phenoxy) is 2. The highest BCUT2D eigenvalue weighted by Crippen LogP contribution is 2.18. The maximum atomic E-state index is 12.3. The Labute approximate surface area is 151 Å². The number of carbonyl (C=O) groups is 2. The summed E-state index contributed by atoms with van der Waals surface area (Å²) >= 11 is 0. The zero-order chi connectivity index (χ0) is 18.5. The van der Waals surface area contributed by atoms with Crippen LogP contribution >= 0.6 is 0 Å². The van der Waals surface area contributed by atoms with Crippen LogP contribution in [-0.2, 0) is 11.8 Å². The number of methoxy groups -OCH3 is 1. The number of carbonyl (C=O) groups excluding carboxylic acids is 2. The third kappa shape index (κ3) is 4.20. The SMILES string of the molecule is COc1nn(C)cc1C(=O)Nc1ccc(C(=O)NCC2CCCO2)cc1. The van der Waals surface area contributed by atoms with E-state index in [-0.39, 0.29) is 23.8 Å². The molecule has 26 heavy (non-hydrogen) atoms. The lowest BCUT2D eigenvalue weighted by molar-refractivity contribution is 0.0857. The molecule has 1 aromatic carbocycles. The molecule has 2 amide bonds. The van der Waals surface area contributed by atoms with Crippen molar-refractivity contribution in [2.75, 3.05) is 25.6 Å². The summed E-state index contributed by atoms with van der Waals surface area (Å²) in [5.74, 6) is -0.229. The molecule has 0 bridgehead atoms. The lowest BCUT2D eigenvalue weighted by Crippen LogP contribution is -2.31. The normalized spacial score (nSPS) is 16.3. The van der Waals surface area contributed by atoms with Crippen LogP contribution in [0.15, 0.2) is 30.5 Å². The van der Waals surface area contributed by atoms with E-state index in [0.29, 0.717) is 23.4 Å². The van der Waals surface area contributed by atoms with Crippen molar-refractivity contribution in [3.8, 4) is 5.88 Å². The average Bonchev–Trinajstić information content (AvgIpc) is 3.29. The van der Waals surface area contributed by atoms with Crippen molar-refractivity contribution in [1.29, 1.82) is 0 Å². The van der Waals surface area contributed by atoms with Gasteiger partial charge in [0.05, 0.1) is 13.2 Å². The maximum Gasteiger partial charge on any atom is 0.262 e. The predicted molar refractivity (Wildman–Crippen MR) is 95.5 cm³/mol. The number of nitrogens with one attached hydrogen (secondary N) is 2. The van der Waals surface area contributed by atoms with Crippen molar-refractivity contribution in [2.45, 2.75) is 18.9 Å². The predicted octanol–water partition coefficient (Wildman–Crippen LogP) is 1.59. The average molecular weight is 358 g/mol. The van der Waals surface area contributed by atoms with Crippen molar-refractivity contribution in [3.05, 3.63) is 41.6 Å². The molecule has 1 aromatic heterocycles. The second kappa shape index (κ2) is 8.01. The highest BCUT2D eigenvalue weighted by molar-refractivity contribution is 6.06. The van der Waals surface area contributed by atoms with E-state index in [9.17, 15) is 9.59 Å². The van der Waals surface area contributed by atoms with Crippen molar-refractivity contribution in [2.24, 2.45) is 7.05 Å². The Balaban J connectivity index is 1.58. The van der Waals surface area contributed by atoms with Crippen LogP contribution in [0.25, 0.3) is 0 Å². The van der Waals surface area contributed by atoms with Crippen molar-refractivity contribution in [3.63, 3.8) is 0 Å². The van der Waals surface area contributed by atoms with Gasteiger partial charge < -0.3 is 20.1 Å². The van der Waals surface area contributed by atoms with Crippen molar-refractivity contribution >= 4 is 17.5 Å². The van der Waals surface area contributed by atoms with Gasteiger partial charge in [-0.1, -0.05) is 0 Å². The smallest absolute Gasteiger partial charge is 0.262 e. The molecule has 8 nitrogen and oxygen atoms in total. The molecule has 2 heterocycles. The van der Waals surface area contributed by atoms with Gasteiger partial charge in [-0.25, -0.2) is 0 Å². The van der Waals surface area contributed by atoms with Gasteiger partial charge in [0.25, 0.3) is 11.8 Å². The third-order valence-electron chi connectivity index (χ3n) is 4.15. The maximum absolute atomic E-state index is 12.3. The van der Waals surface area contributed by atoms with E-state index < -0.39 is 0 Å². The molecule has 2 N–H and O–H groups in total. The summed E-state index contributed by atoms with van der Waals surface area (Å²) in [4.78, 5) is 24.5. The third-order valence-corrected chi connectivity index (χ3v) is 4.15. The van der Waals surface area contributed by atoms with Crippen LogP contribution in [0.5, 0.6) is 5.88 Å². The molecule has 0 radical (unpaired) electrons. The summed E-state index contributed by atoms with van der Waals surface area (Å²) in [7, 11) is 3.17. The molecule has 1 aliphatic heterocycles. The molecular formula is C18H22N4O4. The number of anilines is 1. The fourth-order valence-electron chi connectivity index (χ4n) is 2.79. The van der Waals surface area contributed by atoms with Crippen molar-refractivity contribution < 1.29 is 19.1 Å². The quantitative estimate of drug-likeness (QED) is 0.818. The van der Waals surface area contributed by atoms with E-state index in [1.165, 1.54) is 11.8 Å². The van der Waals surface area contributed by atoms with Gasteiger partial charge in [0.2, 0.25) is 5.88 Å². The van der Waals surface area contributed by atoms with E-state index >= 15 is 0 Å². The molecule has 1 saturated heterocycles. The Morgan fingerprint density at radius 3 is 2.73 bits per heavy atom. The lowest BCUT2D eigenvalue weighted by Gasteiger charge is -2.11. The summed E-state index contributed by atoms with van der Waals surface area (Å²) in [6.07, 6.45) is 3.70. The van der Waals surface area contributed by atoms with Crippen LogP contribution in [0.3, 0.4) is 0 Å². The van der Waals surface area contributed by atoms with Gasteiger partial charge >= 0.3 is 0 Å². The van der Waals surface area contributed by atoms with E-state index in [2.05, 4.69) is 15.7 Å². The Hall–Kier alpha value is -2.87. The number of aromatic nitrogens is 2. The van der Waals surface area contributed by atoms with Crippen LogP contribution in [0, 0.1) is 0 Å². The summed E-state index contributed by atoms with van der Waals surface area (Å²) < 4.78 is 12.1. The van der Waals surface area contributed by atoms with Crippen LogP contribution in [0.4, 0.5) is 5.69 Å². The molecule has 3 rings (SSSR count). The molecule has 0 spiro atoms. The summed E-state index contributed by atoms with van der Waals surface area (Å²) in [6, 6.07) is 6.70. The first kappa shape index (κ1) is 17.9. The van der Waals surface area contributed by atoms with Crippen molar-refractivity contribution in [1.82, 2.24) is 15.1 Å². The van der Waals surface area contributed by atoms with Gasteiger partial charge in [0.15, 0.2) is 0 Å². The number of hydrogen-bond acceptors (Lipinski definition) is 5. The molecule has 1 aliphatic rings. The Morgan fingerprint density at radius 2 is 2.08 bits per heavy atom. The molecule has 2 aromatic rings. The van der Waals surface area contributed by atoms with E-state index in [0.717, 1.165) is 19.4 Å². The van der Waals surface area contributed by atoms with Gasteiger partial charge in [-0.3, -0.25) is 14.3 Å². The molecule has 0 saturated carbocycles. The monoisotopic (exact) mass is 358 g/mol. The fraction of sp³-hybridized carbons (Fsp3) is 0.389. The summed E-state index contributed by atoms with van der Waals surface area (Å²) in [5.41, 5.74) is 1.45. The Bertz CT molecular complexity index is 779. The minimum Gasteiger partial charge on any atom is -0.479 e. The van der Waals surface area contributed by atoms with E-state index in [1.807, 2.05) is 0 Å². The van der Waals surface area contributed by atoms with E-state index in [4.69, 9.17) is 9.47 Å². The number of amides is 2. The molecule has 0 aliphatic carbocycles. The van der Waals surface area contributed by atoms with Gasteiger partial charge in [0.1, 0.15) is 5.56 Å². The highest BCUT2D eigenvalue weighted by atomic mass is 16.5. The first-order chi connectivity index (χ1) is 12.6. The number of aryl methyl sites for hydroxylation is 1. The highest BCUT2D eigenvalue weighted by Gasteiger charge is 2.18. The van der Waals surface area contributed by atoms with Gasteiger partial charge in [0, 0.05) is 37.6 Å². The second-order valence-electron chi connectivity index (χ2n) is 6.10. The summed E-state index contributed by atoms with van der Waals surface area (Å²) in [6.45, 7) is 1.27. The standard InChI is InChI=1S/C18H22N4O4/c1-22-11-15(18(21-22)25-2)17(24)20-13-7-5-12(6-8-13)16(23)19-10-14-4-3-9-26-14/h5-8,11,14H,3-4,9-10H2,1-2H3,(H,19,23)(H,20,24). The van der Waals surface area contributed by atoms with Crippen LogP contribution < -0.4 is 15.4 Å². The fourth-order valence-corrected chi connectivity index (χ4v) is 2.79. The largest absolute Gasteiger partial charge is 0.479 e. The minimum atomic E-state index is -0.328. The first-order valence-electron chi connectivity index (χ1n) is 8.45. The first-order valence-corrected chi connectivity index (χ1v) is 8.45. The summed E-state index contributed by atoms with van der Waals surface area (Å²) in [5, 5.41) is 9.68. The zero-order valence-electron chi connectivity index (χ0n) is 14.8. The molecule has 1 fully saturated rings. The minimum absolute atomic E-state index is 0.104. The lowest BCUT2D eigenvalue weighted by atomic mass is 10.1. The zero-order valence-corrected chi connectivity index (χ0v) is 14.8. The van der Waals surface area contributed by atoms with Gasteiger partial charge in [-0.2, -0.15) is 0 Å². The molecule has 8 heteroatoms. The van der Waals surface area contributed by atoms with Gasteiger partial charge in [-0.05, 0) is 37.1 Å². The molecular weight excluding hydrogens is 336 g/mol. The molecule has 1 atom stereocenters. The number of nitrogens with zero attached hydrogens (tertiary/aromatic N) is 2. The van der Waals surface area contributed by atoms with Crippen LogP contribution in [-0.4, -0.2) is 48.0 Å². The van der Waals surface area contributed by atoms with Crippen LogP contribution in [0.1, 0.15) is 33.6 Å². The second-order valence-corrected chi connectivity index (χ2v) is 6.10. The topological polar surface area (TPSA) is 94.5 Å². The molecule has 138 valence electrons.